The summed E-state index contributed by atoms with van der Waals surface area (Å²) < 4.78 is 41.8. The van der Waals surface area contributed by atoms with Crippen LogP contribution in [0.2, 0.25) is 0 Å². The van der Waals surface area contributed by atoms with Gasteiger partial charge >= 0.3 is 0 Å². The van der Waals surface area contributed by atoms with Gasteiger partial charge in [-0.05, 0) is 75.2 Å². The van der Waals surface area contributed by atoms with Gasteiger partial charge in [-0.25, -0.2) is 4.39 Å². The third-order valence-corrected chi connectivity index (χ3v) is 12.4. The van der Waals surface area contributed by atoms with E-state index < -0.39 is 35.5 Å². The Labute approximate surface area is 404 Å². The normalized spacial score (nSPS) is 17.6. The zero-order valence-electron chi connectivity index (χ0n) is 39.6. The van der Waals surface area contributed by atoms with Crippen LogP contribution >= 0.6 is 0 Å². The Morgan fingerprint density at radius 1 is 0.786 bits per heavy atom. The number of benzene rings is 2. The van der Waals surface area contributed by atoms with E-state index in [-0.39, 0.29) is 41.7 Å². The molecule has 7 rings (SSSR count). The van der Waals surface area contributed by atoms with Gasteiger partial charge in [0.05, 0.1) is 94.8 Å². The van der Waals surface area contributed by atoms with Crippen LogP contribution in [0.15, 0.2) is 36.4 Å². The van der Waals surface area contributed by atoms with Gasteiger partial charge in [-0.3, -0.25) is 48.7 Å². The van der Waals surface area contributed by atoms with Gasteiger partial charge in [0.1, 0.15) is 11.9 Å². The zero-order chi connectivity index (χ0) is 49.6. The maximum absolute atomic E-state index is 13.9. The molecule has 1 atom stereocenters. The van der Waals surface area contributed by atoms with E-state index in [1.807, 2.05) is 11.8 Å². The molecule has 4 aliphatic heterocycles. The molecule has 7 amide bonds. The number of rotatable bonds is 26. The highest BCUT2D eigenvalue weighted by Gasteiger charge is 2.45. The molecule has 3 aromatic rings. The second-order valence-electron chi connectivity index (χ2n) is 17.1. The molecule has 2 saturated heterocycles. The summed E-state index contributed by atoms with van der Waals surface area (Å²) in [7, 11) is 0. The number of hydrogen-bond donors (Lipinski definition) is 5. The number of aromatic nitrogens is 1. The van der Waals surface area contributed by atoms with Gasteiger partial charge in [-0.15, -0.1) is 0 Å². The van der Waals surface area contributed by atoms with E-state index >= 15 is 0 Å². The van der Waals surface area contributed by atoms with Crippen molar-refractivity contribution in [2.75, 3.05) is 123 Å². The van der Waals surface area contributed by atoms with Crippen molar-refractivity contribution in [2.45, 2.75) is 45.6 Å². The average molecular weight is 973 g/mol. The predicted octanol–water partition coefficient (Wildman–Crippen LogP) is 2.51. The molecule has 1 unspecified atom stereocenters. The Kier molecular flexibility index (Phi) is 18.4. The Morgan fingerprint density at radius 3 is 2.14 bits per heavy atom. The fourth-order valence-electron chi connectivity index (χ4n) is 8.74. The maximum atomic E-state index is 13.9. The highest BCUT2D eigenvalue weighted by molar-refractivity contribution is 6.35. The van der Waals surface area contributed by atoms with E-state index in [0.717, 1.165) is 31.0 Å². The number of nitrogens with zero attached hydrogens (tertiary/aromatic N) is 3. The van der Waals surface area contributed by atoms with Gasteiger partial charge in [-0.1, -0.05) is 6.07 Å². The summed E-state index contributed by atoms with van der Waals surface area (Å²) in [6.07, 6.45) is 2.83. The van der Waals surface area contributed by atoms with Gasteiger partial charge in [0.15, 0.2) is 0 Å². The molecule has 376 valence electrons. The minimum Gasteiger partial charge on any atom is -0.382 e. The second-order valence-corrected chi connectivity index (χ2v) is 17.1. The molecule has 1 aromatic heterocycles. The number of ether oxygens (including phenoxy) is 5. The molecule has 0 saturated carbocycles. The van der Waals surface area contributed by atoms with Crippen LogP contribution < -0.4 is 21.3 Å². The van der Waals surface area contributed by atoms with Crippen molar-refractivity contribution in [1.29, 1.82) is 0 Å². The van der Waals surface area contributed by atoms with E-state index in [9.17, 15) is 38.0 Å². The van der Waals surface area contributed by atoms with Crippen molar-refractivity contribution < 1.29 is 61.6 Å². The van der Waals surface area contributed by atoms with E-state index in [0.29, 0.717) is 144 Å². The summed E-state index contributed by atoms with van der Waals surface area (Å²) in [5.74, 6) is -3.14. The fourth-order valence-corrected chi connectivity index (χ4v) is 8.74. The number of nitrogens with one attached hydrogen (secondary N) is 5. The Hall–Kier alpha value is -6.36. The van der Waals surface area contributed by atoms with E-state index in [1.165, 1.54) is 18.2 Å². The number of carbonyl (C=O) groups excluding carboxylic acids is 7. The average Bonchev–Trinajstić information content (AvgIpc) is 3.91. The van der Waals surface area contributed by atoms with E-state index in [2.05, 4.69) is 31.2 Å². The third-order valence-electron chi connectivity index (χ3n) is 12.4. The third kappa shape index (κ3) is 13.1. The number of H-pyrrole nitrogens is 1. The van der Waals surface area contributed by atoms with Crippen molar-refractivity contribution >= 4 is 64.4 Å². The number of anilines is 2. The van der Waals surface area contributed by atoms with Crippen LogP contribution in [0, 0.1) is 19.7 Å². The summed E-state index contributed by atoms with van der Waals surface area (Å²) in [5.41, 5.74) is 4.72. The van der Waals surface area contributed by atoms with Gasteiger partial charge in [-0.2, -0.15) is 0 Å². The number of piperazine rings is 1. The summed E-state index contributed by atoms with van der Waals surface area (Å²) in [6, 6.07) is 8.00. The molecule has 21 heteroatoms. The standard InChI is InChI=1S/C49H61FN8O12/c1-31-39(30-36-35-29-33(50)7-8-37(35)54-45(36)61)53-32(2)43(31)47(63)52-12-4-14-56-15-17-57(18-16-56)42(60)11-19-66-21-23-68-25-27-70-28-26-69-24-22-67-20-13-51-38-6-3-5-34-44(38)49(65)58(48(34)64)40-9-10-41(59)55-46(40)62/h3,5-8,29-30,40,51,53H,4,9-28H2,1-2H3,(H,52,63)(H,54,61)(H,55,59,62)/b36-30-. The highest BCUT2D eigenvalue weighted by Crippen LogP contribution is 2.35. The molecule has 2 fully saturated rings. The molecular weight excluding hydrogens is 912 g/mol. The number of piperidine rings is 1. The molecule has 5 N–H and O–H groups in total. The highest BCUT2D eigenvalue weighted by atomic mass is 19.1. The lowest BCUT2D eigenvalue weighted by atomic mass is 10.0. The molecule has 20 nitrogen and oxygen atoms in total. The van der Waals surface area contributed by atoms with Crippen molar-refractivity contribution in [1.82, 2.24) is 30.3 Å². The molecule has 5 heterocycles. The first-order valence-corrected chi connectivity index (χ1v) is 23.7. The van der Waals surface area contributed by atoms with Gasteiger partial charge in [0, 0.05) is 74.0 Å². The van der Waals surface area contributed by atoms with Crippen LogP contribution in [0.25, 0.3) is 11.6 Å². The number of aryl methyl sites for hydroxylation is 1. The summed E-state index contributed by atoms with van der Waals surface area (Å²) in [4.78, 5) is 96.9. The molecule has 4 aliphatic rings. The number of fused-ring (bicyclic) bond motifs is 2. The largest absolute Gasteiger partial charge is 0.382 e. The monoisotopic (exact) mass is 972 g/mol. The lowest BCUT2D eigenvalue weighted by Gasteiger charge is -2.34. The van der Waals surface area contributed by atoms with Crippen molar-refractivity contribution in [3.63, 3.8) is 0 Å². The Bertz CT molecular complexity index is 2450. The van der Waals surface area contributed by atoms with Gasteiger partial charge in [0.2, 0.25) is 17.7 Å². The maximum Gasteiger partial charge on any atom is 0.264 e. The fraction of sp³-hybridized carbons (Fsp3) is 0.490. The van der Waals surface area contributed by atoms with Crippen LogP contribution in [-0.4, -0.2) is 179 Å². The van der Waals surface area contributed by atoms with Crippen LogP contribution in [0.3, 0.4) is 0 Å². The van der Waals surface area contributed by atoms with Gasteiger partial charge in [0.25, 0.3) is 23.6 Å². The first-order chi connectivity index (χ1) is 33.9. The summed E-state index contributed by atoms with van der Waals surface area (Å²) in [6.45, 7) is 11.6. The lowest BCUT2D eigenvalue weighted by molar-refractivity contribution is -0.136. The Morgan fingerprint density at radius 2 is 1.46 bits per heavy atom. The van der Waals surface area contributed by atoms with E-state index in [4.69, 9.17) is 23.7 Å². The summed E-state index contributed by atoms with van der Waals surface area (Å²) in [5, 5.41) is 11.1. The summed E-state index contributed by atoms with van der Waals surface area (Å²) >= 11 is 0. The first-order valence-electron chi connectivity index (χ1n) is 23.7. The second kappa shape index (κ2) is 25.0. The number of carbonyl (C=O) groups is 7. The number of aromatic amines is 1. The molecule has 0 aliphatic carbocycles. The van der Waals surface area contributed by atoms with E-state index in [1.54, 1.807) is 31.2 Å². The molecule has 0 spiro atoms. The number of amides is 7. The van der Waals surface area contributed by atoms with Crippen LogP contribution in [-0.2, 0) is 42.9 Å². The van der Waals surface area contributed by atoms with Crippen LogP contribution in [0.5, 0.6) is 0 Å². The molecule has 2 aromatic carbocycles. The number of hydrogen-bond acceptors (Lipinski definition) is 14. The SMILES string of the molecule is Cc1[nH]c(/C=C2\C(=O)Nc3ccc(F)cc32)c(C)c1C(=O)NCCCN1CCN(C(=O)CCOCCOCCOCCOCCOCCNc2cccc3c2C(=O)N(C2CCC(=O)NC2=O)C3=O)CC1. The predicted molar refractivity (Wildman–Crippen MR) is 253 cm³/mol. The molecule has 0 radical (unpaired) electrons. The molecule has 70 heavy (non-hydrogen) atoms. The minimum atomic E-state index is -1.03. The topological polar surface area (TPSA) is 239 Å². The minimum absolute atomic E-state index is 0.0521. The Balaban J connectivity index is 0.644. The zero-order valence-corrected chi connectivity index (χ0v) is 39.6. The van der Waals surface area contributed by atoms with Crippen molar-refractivity contribution in [2.24, 2.45) is 0 Å². The molecular formula is C49H61FN8O12. The van der Waals surface area contributed by atoms with Crippen LogP contribution in [0.1, 0.15) is 79.3 Å². The number of imide groups is 2. The quantitative estimate of drug-likeness (QED) is 0.0442. The molecule has 0 bridgehead atoms. The smallest absolute Gasteiger partial charge is 0.264 e. The lowest BCUT2D eigenvalue weighted by Crippen LogP contribution is -2.54. The number of halogens is 1. The van der Waals surface area contributed by atoms with Crippen LogP contribution in [0.4, 0.5) is 15.8 Å². The van der Waals surface area contributed by atoms with Crippen molar-refractivity contribution in [3.05, 3.63) is 81.4 Å². The first kappa shape index (κ1) is 51.5. The van der Waals surface area contributed by atoms with Crippen molar-refractivity contribution in [3.8, 4) is 0 Å². The van der Waals surface area contributed by atoms with Gasteiger partial charge < -0.3 is 49.5 Å².